The summed E-state index contributed by atoms with van der Waals surface area (Å²) in [7, 11) is -3.41. The Bertz CT molecular complexity index is 1550. The number of ether oxygens (including phenoxy) is 1. The maximum Gasteiger partial charge on any atom is 0.269 e. The summed E-state index contributed by atoms with van der Waals surface area (Å²) < 4.78 is 22.1. The number of carbonyl (C=O) groups is 2. The van der Waals surface area contributed by atoms with Gasteiger partial charge in [0, 0.05) is 52.7 Å². The van der Waals surface area contributed by atoms with E-state index in [9.17, 15) is 24.8 Å². The van der Waals surface area contributed by atoms with E-state index < -0.39 is 42.4 Å². The SMILES string of the molecule is C[C@H]1[C@H]([Si](C)(C)F)[C@@H](CCO)O[C@]12C(=O)N(Cc1cccc(NC(=O)c3ccc(N)cc3)c1)c1ccc([N+](=O)[O-])cc12. The smallest absolute Gasteiger partial charge is 0.269 e. The van der Waals surface area contributed by atoms with E-state index in [-0.39, 0.29) is 31.2 Å². The number of amides is 2. The first kappa shape index (κ1) is 29.4. The molecular formula is C30H33FN4O6Si. The zero-order valence-electron chi connectivity index (χ0n) is 23.5. The number of carbonyl (C=O) groups excluding carboxylic acids is 2. The van der Waals surface area contributed by atoms with Gasteiger partial charge in [0.15, 0.2) is 5.60 Å². The Kier molecular flexibility index (Phi) is 7.64. The Labute approximate surface area is 243 Å². The van der Waals surface area contributed by atoms with Crippen molar-refractivity contribution in [3.8, 4) is 0 Å². The molecule has 1 fully saturated rings. The number of nitro groups is 1. The number of non-ortho nitro benzene ring substituents is 1. The molecule has 2 heterocycles. The van der Waals surface area contributed by atoms with Crippen molar-refractivity contribution in [3.63, 3.8) is 0 Å². The standard InChI is InChI=1S/C30H33FN4O6Si/c1-18-27(42(2,3)31)26(13-14-36)41-30(18)24-16-23(35(39)40)11-12-25(24)34(29(30)38)17-19-5-4-6-22(15-19)33-28(37)20-7-9-21(32)10-8-20/h4-12,15-16,18,26-27,36H,13-14,17,32H2,1-3H3,(H,33,37)/t18-,26+,27-,30+/m0/s1. The number of nitrogens with one attached hydrogen (secondary N) is 1. The highest BCUT2D eigenvalue weighted by molar-refractivity contribution is 6.72. The quantitative estimate of drug-likeness (QED) is 0.108. The van der Waals surface area contributed by atoms with Crippen LogP contribution < -0.4 is 16.0 Å². The molecule has 0 aliphatic carbocycles. The zero-order valence-corrected chi connectivity index (χ0v) is 24.5. The van der Waals surface area contributed by atoms with E-state index in [0.29, 0.717) is 33.8 Å². The first-order chi connectivity index (χ1) is 19.9. The highest BCUT2D eigenvalue weighted by Gasteiger charge is 2.66. The fourth-order valence-corrected chi connectivity index (χ4v) is 9.01. The van der Waals surface area contributed by atoms with Crippen LogP contribution in [0.25, 0.3) is 0 Å². The fourth-order valence-electron chi connectivity index (χ4n) is 6.47. The third-order valence-electron chi connectivity index (χ3n) is 8.27. The Morgan fingerprint density at radius 1 is 1.19 bits per heavy atom. The van der Waals surface area contributed by atoms with Crippen molar-refractivity contribution in [2.24, 2.45) is 5.92 Å². The van der Waals surface area contributed by atoms with Crippen LogP contribution in [0.2, 0.25) is 18.6 Å². The minimum Gasteiger partial charge on any atom is -0.399 e. The van der Waals surface area contributed by atoms with Crippen LogP contribution in [0, 0.1) is 16.0 Å². The van der Waals surface area contributed by atoms with Crippen molar-refractivity contribution in [2.45, 2.75) is 50.2 Å². The van der Waals surface area contributed by atoms with Gasteiger partial charge in [-0.2, -0.15) is 0 Å². The van der Waals surface area contributed by atoms with E-state index >= 15 is 4.11 Å². The van der Waals surface area contributed by atoms with E-state index in [1.807, 2.05) is 0 Å². The van der Waals surface area contributed by atoms with E-state index in [1.165, 1.54) is 23.1 Å². The number of aliphatic hydroxyl groups is 1. The second kappa shape index (κ2) is 10.9. The van der Waals surface area contributed by atoms with E-state index in [2.05, 4.69) is 5.32 Å². The van der Waals surface area contributed by atoms with Gasteiger partial charge in [0.1, 0.15) is 0 Å². The summed E-state index contributed by atoms with van der Waals surface area (Å²) in [5, 5.41) is 24.3. The number of aliphatic hydroxyl groups excluding tert-OH is 1. The van der Waals surface area contributed by atoms with Crippen molar-refractivity contribution in [2.75, 3.05) is 22.6 Å². The van der Waals surface area contributed by atoms with Crippen molar-refractivity contribution >= 4 is 43.0 Å². The lowest BCUT2D eigenvalue weighted by Crippen LogP contribution is -2.45. The molecule has 2 aliphatic heterocycles. The number of benzene rings is 3. The molecule has 4 atom stereocenters. The number of fused-ring (bicyclic) bond motifs is 2. The number of nitrogens with zero attached hydrogens (tertiary/aromatic N) is 2. The normalized spacial score (nSPS) is 23.3. The molecule has 220 valence electrons. The highest BCUT2D eigenvalue weighted by atomic mass is 28.4. The van der Waals surface area contributed by atoms with Crippen molar-refractivity contribution in [1.82, 2.24) is 0 Å². The van der Waals surface area contributed by atoms with Gasteiger partial charge in [-0.1, -0.05) is 19.1 Å². The first-order valence-corrected chi connectivity index (χ1v) is 16.7. The summed E-state index contributed by atoms with van der Waals surface area (Å²) in [6.45, 7) is 4.70. The molecule has 0 bridgehead atoms. The molecule has 10 nitrogen and oxygen atoms in total. The van der Waals surface area contributed by atoms with Crippen LogP contribution in [0.15, 0.2) is 66.7 Å². The van der Waals surface area contributed by atoms with Gasteiger partial charge in [-0.15, -0.1) is 0 Å². The number of nitrogen functional groups attached to an aromatic ring is 1. The molecule has 1 saturated heterocycles. The van der Waals surface area contributed by atoms with E-state index in [0.717, 1.165) is 0 Å². The second-order valence-electron chi connectivity index (χ2n) is 11.4. The molecule has 3 aromatic carbocycles. The van der Waals surface area contributed by atoms with Gasteiger partial charge < -0.3 is 29.9 Å². The highest BCUT2D eigenvalue weighted by Crippen LogP contribution is 2.60. The van der Waals surface area contributed by atoms with Crippen LogP contribution in [-0.2, 0) is 21.7 Å². The lowest BCUT2D eigenvalue weighted by Gasteiger charge is -2.31. The summed E-state index contributed by atoms with van der Waals surface area (Å²) in [5.41, 5.74) is 6.19. The van der Waals surface area contributed by atoms with Crippen molar-refractivity contribution in [1.29, 1.82) is 0 Å². The maximum absolute atomic E-state index is 15.7. The van der Waals surface area contributed by atoms with E-state index in [4.69, 9.17) is 10.5 Å². The summed E-state index contributed by atoms with van der Waals surface area (Å²) >= 11 is 0. The Morgan fingerprint density at radius 3 is 2.55 bits per heavy atom. The predicted molar refractivity (Wildman–Crippen MR) is 159 cm³/mol. The van der Waals surface area contributed by atoms with Gasteiger partial charge in [0.2, 0.25) is 8.41 Å². The molecule has 2 aliphatic rings. The summed E-state index contributed by atoms with van der Waals surface area (Å²) in [6.07, 6.45) is -0.579. The maximum atomic E-state index is 15.7. The molecule has 0 radical (unpaired) electrons. The van der Waals surface area contributed by atoms with Gasteiger partial charge in [-0.05, 0) is 67.5 Å². The number of rotatable bonds is 8. The molecule has 12 heteroatoms. The topological polar surface area (TPSA) is 148 Å². The summed E-state index contributed by atoms with van der Waals surface area (Å²) in [4.78, 5) is 39.8. The largest absolute Gasteiger partial charge is 0.399 e. The van der Waals surface area contributed by atoms with E-state index in [1.54, 1.807) is 68.5 Å². The number of hydrogen-bond donors (Lipinski definition) is 3. The van der Waals surface area contributed by atoms with Gasteiger partial charge in [0.25, 0.3) is 17.5 Å². The minimum absolute atomic E-state index is 0.0822. The number of nitro benzene ring substituents is 1. The fraction of sp³-hybridized carbons (Fsp3) is 0.333. The molecular weight excluding hydrogens is 559 g/mol. The molecule has 0 unspecified atom stereocenters. The lowest BCUT2D eigenvalue weighted by atomic mass is 9.82. The number of nitrogens with two attached hydrogens (primary N) is 1. The molecule has 1 spiro atoms. The molecule has 5 rings (SSSR count). The second-order valence-corrected chi connectivity index (χ2v) is 15.2. The third kappa shape index (κ3) is 5.06. The van der Waals surface area contributed by atoms with Crippen LogP contribution in [0.3, 0.4) is 0 Å². The average molecular weight is 593 g/mol. The van der Waals surface area contributed by atoms with Crippen LogP contribution >= 0.6 is 0 Å². The average Bonchev–Trinajstić information content (AvgIpc) is 3.35. The summed E-state index contributed by atoms with van der Waals surface area (Å²) in [5.74, 6) is -1.40. The van der Waals surface area contributed by atoms with Gasteiger partial charge >= 0.3 is 0 Å². The number of hydrogen-bond acceptors (Lipinski definition) is 7. The van der Waals surface area contributed by atoms with Crippen LogP contribution in [0.4, 0.5) is 26.9 Å². The molecule has 2 amide bonds. The molecule has 4 N–H and O–H groups in total. The minimum atomic E-state index is -3.41. The molecule has 0 saturated carbocycles. The van der Waals surface area contributed by atoms with Crippen molar-refractivity contribution in [3.05, 3.63) is 93.5 Å². The monoisotopic (exact) mass is 592 g/mol. The van der Waals surface area contributed by atoms with Gasteiger partial charge in [-0.25, -0.2) is 0 Å². The molecule has 0 aromatic heterocycles. The van der Waals surface area contributed by atoms with Crippen LogP contribution in [-0.4, -0.2) is 43.0 Å². The lowest BCUT2D eigenvalue weighted by molar-refractivity contribution is -0.385. The summed E-state index contributed by atoms with van der Waals surface area (Å²) in [6, 6.07) is 17.7. The Hall–Kier alpha value is -4.13. The zero-order chi connectivity index (χ0) is 30.4. The van der Waals surface area contributed by atoms with Gasteiger partial charge in [0.05, 0.1) is 23.3 Å². The molecule has 3 aromatic rings. The predicted octanol–water partition coefficient (Wildman–Crippen LogP) is 5.13. The van der Waals surface area contributed by atoms with Crippen molar-refractivity contribution < 1.29 is 28.5 Å². The Morgan fingerprint density at radius 2 is 1.90 bits per heavy atom. The Balaban J connectivity index is 1.51. The van der Waals surface area contributed by atoms with Crippen LogP contribution in [0.5, 0.6) is 0 Å². The number of anilines is 3. The van der Waals surface area contributed by atoms with Gasteiger partial charge in [-0.3, -0.25) is 19.7 Å². The molecule has 42 heavy (non-hydrogen) atoms. The number of halogens is 1. The van der Waals surface area contributed by atoms with Crippen LogP contribution in [0.1, 0.15) is 34.8 Å². The third-order valence-corrected chi connectivity index (χ3v) is 10.7. The first-order valence-electron chi connectivity index (χ1n) is 13.7.